The van der Waals surface area contributed by atoms with Gasteiger partial charge < -0.3 is 5.73 Å². The Morgan fingerprint density at radius 1 is 1.50 bits per heavy atom. The average Bonchev–Trinajstić information content (AvgIpc) is 2.51. The second-order valence-corrected chi connectivity index (χ2v) is 3.18. The molecule has 4 heteroatoms. The number of rotatable bonds is 3. The minimum Gasteiger partial charge on any atom is -0.322 e. The van der Waals surface area contributed by atoms with Crippen LogP contribution in [0.5, 0.6) is 0 Å². The van der Waals surface area contributed by atoms with E-state index in [1.54, 1.807) is 0 Å². The summed E-state index contributed by atoms with van der Waals surface area (Å²) in [5.74, 6) is 2.05. The molecule has 0 aliphatic heterocycles. The summed E-state index contributed by atoms with van der Waals surface area (Å²) >= 11 is 0. The van der Waals surface area contributed by atoms with Crippen molar-refractivity contribution >= 4 is 0 Å². The standard InChI is InChI=1S/C8H16N4/c1-4-5(2)7-10-8(6(3)9)12-11-7/h5-6H,4,9H2,1-3H3,(H,10,11,12). The van der Waals surface area contributed by atoms with Crippen LogP contribution in [0.4, 0.5) is 0 Å². The lowest BCUT2D eigenvalue weighted by Crippen LogP contribution is -2.07. The molecule has 0 aliphatic carbocycles. The molecule has 1 aromatic rings. The van der Waals surface area contributed by atoms with Gasteiger partial charge in [0.15, 0.2) is 5.82 Å². The molecule has 1 heterocycles. The zero-order valence-electron chi connectivity index (χ0n) is 7.83. The number of aromatic nitrogens is 3. The van der Waals surface area contributed by atoms with E-state index in [0.717, 1.165) is 18.1 Å². The van der Waals surface area contributed by atoms with Crippen LogP contribution in [0.1, 0.15) is 50.8 Å². The zero-order chi connectivity index (χ0) is 9.14. The van der Waals surface area contributed by atoms with Gasteiger partial charge in [-0.3, -0.25) is 5.10 Å². The molecule has 0 bridgehead atoms. The third kappa shape index (κ3) is 1.82. The Bertz CT molecular complexity index is 241. The van der Waals surface area contributed by atoms with E-state index in [4.69, 9.17) is 5.73 Å². The maximum absolute atomic E-state index is 5.63. The minimum absolute atomic E-state index is 0.0599. The third-order valence-corrected chi connectivity index (χ3v) is 2.00. The van der Waals surface area contributed by atoms with Gasteiger partial charge in [-0.15, -0.1) is 0 Å². The van der Waals surface area contributed by atoms with E-state index in [0.29, 0.717) is 5.92 Å². The molecule has 0 saturated carbocycles. The monoisotopic (exact) mass is 168 g/mol. The van der Waals surface area contributed by atoms with E-state index in [2.05, 4.69) is 29.0 Å². The lowest BCUT2D eigenvalue weighted by atomic mass is 10.1. The summed E-state index contributed by atoms with van der Waals surface area (Å²) in [7, 11) is 0. The van der Waals surface area contributed by atoms with Crippen LogP contribution in [0, 0.1) is 0 Å². The molecule has 68 valence electrons. The normalized spacial score (nSPS) is 16.0. The zero-order valence-corrected chi connectivity index (χ0v) is 7.83. The van der Waals surface area contributed by atoms with E-state index in [9.17, 15) is 0 Å². The van der Waals surface area contributed by atoms with Crippen molar-refractivity contribution in [1.82, 2.24) is 15.2 Å². The van der Waals surface area contributed by atoms with Crippen LogP contribution in [0.2, 0.25) is 0 Å². The van der Waals surface area contributed by atoms with Crippen LogP contribution in [0.3, 0.4) is 0 Å². The van der Waals surface area contributed by atoms with Crippen LogP contribution in [0.25, 0.3) is 0 Å². The van der Waals surface area contributed by atoms with Gasteiger partial charge in [0.2, 0.25) is 0 Å². The van der Waals surface area contributed by atoms with Crippen LogP contribution in [-0.2, 0) is 0 Å². The summed E-state index contributed by atoms with van der Waals surface area (Å²) in [4.78, 5) is 4.29. The van der Waals surface area contributed by atoms with Crippen LogP contribution < -0.4 is 5.73 Å². The number of H-pyrrole nitrogens is 1. The predicted octanol–water partition coefficient (Wildman–Crippen LogP) is 1.34. The second-order valence-electron chi connectivity index (χ2n) is 3.18. The molecule has 1 rings (SSSR count). The van der Waals surface area contributed by atoms with Gasteiger partial charge in [-0.05, 0) is 13.3 Å². The van der Waals surface area contributed by atoms with Crippen molar-refractivity contribution in [2.24, 2.45) is 5.73 Å². The number of aromatic amines is 1. The first kappa shape index (κ1) is 9.19. The highest BCUT2D eigenvalue weighted by Crippen LogP contribution is 2.14. The largest absolute Gasteiger partial charge is 0.322 e. The fourth-order valence-electron chi connectivity index (χ4n) is 0.895. The van der Waals surface area contributed by atoms with Crippen molar-refractivity contribution in [3.8, 4) is 0 Å². The molecule has 2 unspecified atom stereocenters. The van der Waals surface area contributed by atoms with Crippen molar-refractivity contribution in [2.45, 2.75) is 39.2 Å². The van der Waals surface area contributed by atoms with Crippen molar-refractivity contribution in [3.63, 3.8) is 0 Å². The summed E-state index contributed by atoms with van der Waals surface area (Å²) in [6.07, 6.45) is 1.05. The molecule has 3 N–H and O–H groups in total. The SMILES string of the molecule is CCC(C)c1n[nH]c(C(C)N)n1. The average molecular weight is 168 g/mol. The lowest BCUT2D eigenvalue weighted by Gasteiger charge is -2.00. The first-order valence-corrected chi connectivity index (χ1v) is 4.33. The van der Waals surface area contributed by atoms with E-state index in [1.807, 2.05) is 6.92 Å². The van der Waals surface area contributed by atoms with Crippen molar-refractivity contribution < 1.29 is 0 Å². The third-order valence-electron chi connectivity index (χ3n) is 2.00. The van der Waals surface area contributed by atoms with Crippen molar-refractivity contribution in [2.75, 3.05) is 0 Å². The molecule has 0 aromatic carbocycles. The fraction of sp³-hybridized carbons (Fsp3) is 0.750. The Hall–Kier alpha value is -0.900. The van der Waals surface area contributed by atoms with Crippen LogP contribution in [0.15, 0.2) is 0 Å². The van der Waals surface area contributed by atoms with Gasteiger partial charge in [-0.1, -0.05) is 13.8 Å². The number of nitrogens with one attached hydrogen (secondary N) is 1. The summed E-state index contributed by atoms with van der Waals surface area (Å²) in [6.45, 7) is 6.11. The molecule has 0 spiro atoms. The van der Waals surface area contributed by atoms with E-state index in [1.165, 1.54) is 0 Å². The topological polar surface area (TPSA) is 67.6 Å². The lowest BCUT2D eigenvalue weighted by molar-refractivity contribution is 0.680. The highest BCUT2D eigenvalue weighted by atomic mass is 15.2. The molecule has 0 amide bonds. The maximum atomic E-state index is 5.63. The Labute approximate surface area is 72.6 Å². The van der Waals surface area contributed by atoms with Gasteiger partial charge in [0, 0.05) is 5.92 Å². The molecule has 12 heavy (non-hydrogen) atoms. The van der Waals surface area contributed by atoms with Gasteiger partial charge in [0.05, 0.1) is 6.04 Å². The van der Waals surface area contributed by atoms with Crippen molar-refractivity contribution in [3.05, 3.63) is 11.6 Å². The van der Waals surface area contributed by atoms with E-state index in [-0.39, 0.29) is 6.04 Å². The first-order valence-electron chi connectivity index (χ1n) is 4.33. The highest BCUT2D eigenvalue weighted by molar-refractivity contribution is 4.98. The molecular formula is C8H16N4. The maximum Gasteiger partial charge on any atom is 0.153 e. The Morgan fingerprint density at radius 2 is 2.17 bits per heavy atom. The summed E-state index contributed by atoms with van der Waals surface area (Å²) in [5, 5.41) is 6.93. The summed E-state index contributed by atoms with van der Waals surface area (Å²) in [5.41, 5.74) is 5.63. The smallest absolute Gasteiger partial charge is 0.153 e. The predicted molar refractivity (Wildman–Crippen MR) is 47.7 cm³/mol. The second kappa shape index (κ2) is 3.67. The fourth-order valence-corrected chi connectivity index (χ4v) is 0.895. The van der Waals surface area contributed by atoms with Crippen LogP contribution >= 0.6 is 0 Å². The molecule has 0 saturated heterocycles. The van der Waals surface area contributed by atoms with Crippen LogP contribution in [-0.4, -0.2) is 15.2 Å². The van der Waals surface area contributed by atoms with Gasteiger partial charge in [0.1, 0.15) is 5.82 Å². The van der Waals surface area contributed by atoms with Crippen molar-refractivity contribution in [1.29, 1.82) is 0 Å². The molecule has 0 fully saturated rings. The van der Waals surface area contributed by atoms with Gasteiger partial charge in [-0.25, -0.2) is 4.98 Å². The number of hydrogen-bond donors (Lipinski definition) is 2. The quantitative estimate of drug-likeness (QED) is 0.715. The Morgan fingerprint density at radius 3 is 2.58 bits per heavy atom. The van der Waals surface area contributed by atoms with E-state index < -0.39 is 0 Å². The highest BCUT2D eigenvalue weighted by Gasteiger charge is 2.11. The van der Waals surface area contributed by atoms with Gasteiger partial charge in [-0.2, -0.15) is 5.10 Å². The van der Waals surface area contributed by atoms with Gasteiger partial charge in [0.25, 0.3) is 0 Å². The molecule has 0 radical (unpaired) electrons. The molecule has 4 nitrogen and oxygen atoms in total. The number of hydrogen-bond acceptors (Lipinski definition) is 3. The molecule has 0 aliphatic rings. The number of nitrogens with two attached hydrogens (primary N) is 1. The summed E-state index contributed by atoms with van der Waals surface area (Å²) in [6, 6.07) is -0.0599. The molecule has 1 aromatic heterocycles. The number of nitrogens with zero attached hydrogens (tertiary/aromatic N) is 2. The molecular weight excluding hydrogens is 152 g/mol. The van der Waals surface area contributed by atoms with E-state index >= 15 is 0 Å². The van der Waals surface area contributed by atoms with Gasteiger partial charge >= 0.3 is 0 Å². The first-order chi connectivity index (χ1) is 5.65. The summed E-state index contributed by atoms with van der Waals surface area (Å²) < 4.78 is 0. The molecule has 2 atom stereocenters. The minimum atomic E-state index is -0.0599. The Kier molecular flexibility index (Phi) is 2.81. The Balaban J connectivity index is 2.77.